The Hall–Kier alpha value is -3.27. The van der Waals surface area contributed by atoms with Gasteiger partial charge in [0.2, 0.25) is 9.84 Å². The van der Waals surface area contributed by atoms with Crippen LogP contribution < -0.4 is 4.90 Å². The minimum atomic E-state index is -3.59. The van der Waals surface area contributed by atoms with Gasteiger partial charge in [-0.05, 0) is 31.9 Å². The Morgan fingerprint density at radius 1 is 1.06 bits per heavy atom. The molecule has 0 unspecified atom stereocenters. The summed E-state index contributed by atoms with van der Waals surface area (Å²) in [4.78, 5) is 15.1. The number of hydrogen-bond donors (Lipinski definition) is 0. The fraction of sp³-hybridized carbons (Fsp3) is 0.391. The topological polar surface area (TPSA) is 98.8 Å². The first kappa shape index (κ1) is 21.6. The molecule has 0 bridgehead atoms. The first-order valence-corrected chi connectivity index (χ1v) is 12.9. The highest BCUT2D eigenvalue weighted by Crippen LogP contribution is 2.37. The largest absolute Gasteiger partial charge is 0.355 e. The summed E-state index contributed by atoms with van der Waals surface area (Å²) in [6, 6.07) is 10.3. The third kappa shape index (κ3) is 3.58. The van der Waals surface area contributed by atoms with E-state index < -0.39 is 9.84 Å². The molecule has 0 aliphatic carbocycles. The summed E-state index contributed by atoms with van der Waals surface area (Å²) in [7, 11) is -1.47. The van der Waals surface area contributed by atoms with Crippen LogP contribution in [0.5, 0.6) is 0 Å². The predicted octanol–water partition coefficient (Wildman–Crippen LogP) is 2.74. The molecule has 4 heterocycles. The number of benzene rings is 1. The average molecular weight is 466 g/mol. The summed E-state index contributed by atoms with van der Waals surface area (Å²) in [6.07, 6.45) is 2.09. The quantitative estimate of drug-likeness (QED) is 0.418. The number of aryl methyl sites for hydroxylation is 4. The van der Waals surface area contributed by atoms with Crippen LogP contribution in [0, 0.1) is 13.8 Å². The van der Waals surface area contributed by atoms with Gasteiger partial charge < -0.3 is 9.47 Å². The number of para-hydroxylation sites is 1. The molecule has 0 saturated carbocycles. The highest BCUT2D eigenvalue weighted by molar-refractivity contribution is 7.90. The van der Waals surface area contributed by atoms with Gasteiger partial charge in [0.05, 0.1) is 0 Å². The Balaban J connectivity index is 1.51. The van der Waals surface area contributed by atoms with Crippen molar-refractivity contribution < 1.29 is 8.42 Å². The second kappa shape index (κ2) is 7.65. The molecule has 1 aliphatic rings. The average Bonchev–Trinajstić information content (AvgIpc) is 3.22. The Morgan fingerprint density at radius 2 is 1.76 bits per heavy atom. The maximum atomic E-state index is 12.3. The molecule has 4 aromatic rings. The molecular weight excluding hydrogens is 438 g/mol. The maximum absolute atomic E-state index is 12.3. The molecule has 10 heteroatoms. The molecule has 1 saturated heterocycles. The minimum Gasteiger partial charge on any atom is -0.355 e. The Bertz CT molecular complexity index is 1480. The highest BCUT2D eigenvalue weighted by atomic mass is 32.2. The van der Waals surface area contributed by atoms with Crippen LogP contribution in [0.4, 0.5) is 5.82 Å². The van der Waals surface area contributed by atoms with Crippen molar-refractivity contribution in [2.75, 3.05) is 24.2 Å². The lowest BCUT2D eigenvalue weighted by Gasteiger charge is -2.41. The second-order valence-corrected chi connectivity index (χ2v) is 10.6. The van der Waals surface area contributed by atoms with E-state index in [2.05, 4.69) is 67.8 Å². The van der Waals surface area contributed by atoms with Crippen LogP contribution in [0.2, 0.25) is 0 Å². The van der Waals surface area contributed by atoms with Crippen molar-refractivity contribution in [2.24, 2.45) is 7.05 Å². The molecule has 5 rings (SSSR count). The Morgan fingerprint density at radius 3 is 2.39 bits per heavy atom. The SMILES string of the molecule is CCc1c(C2CN(c3cc(-n4nc(C)nc4C)nc(S(C)(=O)=O)n3)C2)n(C)c2ccccc12. The fourth-order valence-electron chi connectivity index (χ4n) is 4.80. The van der Waals surface area contributed by atoms with E-state index >= 15 is 0 Å². The molecule has 1 aliphatic heterocycles. The van der Waals surface area contributed by atoms with Gasteiger partial charge in [0.25, 0.3) is 5.16 Å². The maximum Gasteiger partial charge on any atom is 0.250 e. The third-order valence-corrected chi connectivity index (χ3v) is 7.15. The lowest BCUT2D eigenvalue weighted by atomic mass is 9.91. The van der Waals surface area contributed by atoms with Gasteiger partial charge in [-0.25, -0.2) is 18.4 Å². The van der Waals surface area contributed by atoms with Crippen LogP contribution in [0.25, 0.3) is 16.7 Å². The molecule has 0 amide bonds. The molecule has 0 atom stereocenters. The number of anilines is 1. The summed E-state index contributed by atoms with van der Waals surface area (Å²) < 4.78 is 28.5. The van der Waals surface area contributed by atoms with Crippen molar-refractivity contribution in [1.29, 1.82) is 0 Å². The van der Waals surface area contributed by atoms with Crippen molar-refractivity contribution in [2.45, 2.75) is 38.3 Å². The van der Waals surface area contributed by atoms with Crippen LogP contribution in [-0.2, 0) is 23.3 Å². The number of nitrogens with zero attached hydrogens (tertiary/aromatic N) is 7. The second-order valence-electron chi connectivity index (χ2n) is 8.65. The van der Waals surface area contributed by atoms with E-state index in [-0.39, 0.29) is 5.16 Å². The van der Waals surface area contributed by atoms with Crippen molar-refractivity contribution in [3.05, 3.63) is 53.2 Å². The van der Waals surface area contributed by atoms with Crippen LogP contribution in [0.3, 0.4) is 0 Å². The molecule has 1 fully saturated rings. The lowest BCUT2D eigenvalue weighted by molar-refractivity contribution is 0.491. The summed E-state index contributed by atoms with van der Waals surface area (Å²) in [5.74, 6) is 2.57. The number of sulfone groups is 1. The molecule has 0 spiro atoms. The summed E-state index contributed by atoms with van der Waals surface area (Å²) >= 11 is 0. The zero-order valence-electron chi connectivity index (χ0n) is 19.4. The van der Waals surface area contributed by atoms with Crippen LogP contribution in [0.1, 0.15) is 35.7 Å². The molecule has 172 valence electrons. The van der Waals surface area contributed by atoms with Crippen LogP contribution in [0.15, 0.2) is 35.5 Å². The number of fused-ring (bicyclic) bond motifs is 1. The molecule has 3 aromatic heterocycles. The third-order valence-electron chi connectivity index (χ3n) is 6.31. The molecular formula is C23H27N7O2S. The van der Waals surface area contributed by atoms with Gasteiger partial charge in [-0.3, -0.25) is 0 Å². The fourth-order valence-corrected chi connectivity index (χ4v) is 5.32. The van der Waals surface area contributed by atoms with Crippen molar-refractivity contribution in [3.8, 4) is 5.82 Å². The minimum absolute atomic E-state index is 0.204. The van der Waals surface area contributed by atoms with E-state index in [1.807, 2.05) is 6.92 Å². The Labute approximate surface area is 193 Å². The first-order valence-electron chi connectivity index (χ1n) is 11.0. The highest BCUT2D eigenvalue weighted by Gasteiger charge is 2.34. The monoisotopic (exact) mass is 465 g/mol. The van der Waals surface area contributed by atoms with Gasteiger partial charge in [0.1, 0.15) is 17.5 Å². The first-order chi connectivity index (χ1) is 15.7. The van der Waals surface area contributed by atoms with Crippen molar-refractivity contribution in [3.63, 3.8) is 0 Å². The molecule has 0 N–H and O–H groups in total. The summed E-state index contributed by atoms with van der Waals surface area (Å²) in [6.45, 7) is 7.31. The van der Waals surface area contributed by atoms with E-state index in [4.69, 9.17) is 0 Å². The zero-order chi connectivity index (χ0) is 23.5. The van der Waals surface area contributed by atoms with E-state index in [9.17, 15) is 8.42 Å². The van der Waals surface area contributed by atoms with Crippen LogP contribution >= 0.6 is 0 Å². The van der Waals surface area contributed by atoms with Gasteiger partial charge >= 0.3 is 0 Å². The van der Waals surface area contributed by atoms with E-state index in [0.29, 0.717) is 29.2 Å². The summed E-state index contributed by atoms with van der Waals surface area (Å²) in [5.41, 5.74) is 3.96. The number of rotatable bonds is 5. The van der Waals surface area contributed by atoms with Gasteiger partial charge in [0.15, 0.2) is 5.82 Å². The van der Waals surface area contributed by atoms with E-state index in [0.717, 1.165) is 25.8 Å². The normalized spacial score (nSPS) is 14.8. The zero-order valence-corrected chi connectivity index (χ0v) is 20.3. The molecule has 9 nitrogen and oxygen atoms in total. The van der Waals surface area contributed by atoms with Crippen molar-refractivity contribution >= 4 is 26.6 Å². The smallest absolute Gasteiger partial charge is 0.250 e. The van der Waals surface area contributed by atoms with Crippen LogP contribution in [-0.4, -0.2) is 57.1 Å². The van der Waals surface area contributed by atoms with E-state index in [1.54, 1.807) is 17.7 Å². The predicted molar refractivity (Wildman–Crippen MR) is 127 cm³/mol. The number of aromatic nitrogens is 6. The standard InChI is InChI=1S/C23H27N7O2S/c1-6-17-18-9-7-8-10-19(18)28(4)22(17)16-12-29(13-16)20-11-21(26-23(25-20)33(5,31)32)30-15(3)24-14(2)27-30/h7-11,16H,6,12-13H2,1-5H3. The van der Waals surface area contributed by atoms with Gasteiger partial charge in [-0.1, -0.05) is 25.1 Å². The van der Waals surface area contributed by atoms with Gasteiger partial charge in [-0.2, -0.15) is 9.67 Å². The lowest BCUT2D eigenvalue weighted by Crippen LogP contribution is -2.46. The number of hydrogen-bond acceptors (Lipinski definition) is 7. The molecule has 33 heavy (non-hydrogen) atoms. The summed E-state index contributed by atoms with van der Waals surface area (Å²) in [5, 5.41) is 5.47. The molecule has 1 aromatic carbocycles. The van der Waals surface area contributed by atoms with Gasteiger partial charge in [0, 0.05) is 55.0 Å². The van der Waals surface area contributed by atoms with E-state index in [1.165, 1.54) is 22.2 Å². The van der Waals surface area contributed by atoms with Crippen molar-refractivity contribution in [1.82, 2.24) is 29.3 Å². The molecule has 0 radical (unpaired) electrons. The Kier molecular flexibility index (Phi) is 5.00. The van der Waals surface area contributed by atoms with Gasteiger partial charge in [-0.15, -0.1) is 5.10 Å².